The number of hydrogen-bond donors (Lipinski definition) is 1. The number of rotatable bonds is 7. The number of amides is 1. The summed E-state index contributed by atoms with van der Waals surface area (Å²) in [4.78, 5) is 16.9. The molecule has 0 radical (unpaired) electrons. The van der Waals surface area contributed by atoms with Crippen LogP contribution in [0.2, 0.25) is 0 Å². The van der Waals surface area contributed by atoms with E-state index in [1.165, 1.54) is 5.56 Å². The molecule has 0 unspecified atom stereocenters. The molecule has 3 rings (SSSR count). The smallest absolute Gasteiger partial charge is 0.225 e. The third-order valence-electron chi connectivity index (χ3n) is 4.65. The van der Waals surface area contributed by atoms with Gasteiger partial charge in [0.15, 0.2) is 0 Å². The predicted molar refractivity (Wildman–Crippen MR) is 113 cm³/mol. The monoisotopic (exact) mass is 379 g/mol. The highest BCUT2D eigenvalue weighted by molar-refractivity contribution is 5.81. The molecule has 0 saturated heterocycles. The van der Waals surface area contributed by atoms with Gasteiger partial charge in [-0.05, 0) is 31.2 Å². The molecule has 1 heterocycles. The Hall–Kier alpha value is -2.82. The van der Waals surface area contributed by atoms with Gasteiger partial charge < -0.3 is 14.6 Å². The largest absolute Gasteiger partial charge is 0.492 e. The van der Waals surface area contributed by atoms with Crippen LogP contribution >= 0.6 is 0 Å². The minimum Gasteiger partial charge on any atom is -0.492 e. The Balaban J connectivity index is 1.68. The highest BCUT2D eigenvalue weighted by Crippen LogP contribution is 2.18. The molecule has 28 heavy (non-hydrogen) atoms. The number of carbonyl (C=O) groups is 1. The number of carbonyl (C=O) groups excluding carboxylic acids is 1. The zero-order chi connectivity index (χ0) is 20.1. The van der Waals surface area contributed by atoms with Crippen LogP contribution in [-0.2, 0) is 17.8 Å². The highest BCUT2D eigenvalue weighted by Gasteiger charge is 2.20. The van der Waals surface area contributed by atoms with Gasteiger partial charge in [0.1, 0.15) is 18.2 Å². The van der Waals surface area contributed by atoms with Crippen LogP contribution in [0.1, 0.15) is 32.2 Å². The van der Waals surface area contributed by atoms with E-state index in [2.05, 4.69) is 22.9 Å². The number of para-hydroxylation sites is 2. The summed E-state index contributed by atoms with van der Waals surface area (Å²) in [6.07, 6.45) is 0.682. The summed E-state index contributed by atoms with van der Waals surface area (Å²) < 4.78 is 8.09. The summed E-state index contributed by atoms with van der Waals surface area (Å²) in [6, 6.07) is 16.2. The SMILES string of the molecule is Cc1ccc(OCCn2c(CCNC(=O)C(C)(C)C)nc3ccccc32)cc1. The van der Waals surface area contributed by atoms with Crippen molar-refractivity contribution in [1.29, 1.82) is 0 Å². The number of aryl methyl sites for hydroxylation is 1. The van der Waals surface area contributed by atoms with Crippen molar-refractivity contribution in [3.63, 3.8) is 0 Å². The lowest BCUT2D eigenvalue weighted by atomic mass is 9.96. The number of hydrogen-bond acceptors (Lipinski definition) is 3. The van der Waals surface area contributed by atoms with Crippen LogP contribution in [0.25, 0.3) is 11.0 Å². The first-order valence-electron chi connectivity index (χ1n) is 9.76. The van der Waals surface area contributed by atoms with E-state index in [-0.39, 0.29) is 11.3 Å². The van der Waals surface area contributed by atoms with E-state index in [1.807, 2.05) is 63.2 Å². The van der Waals surface area contributed by atoms with Crippen molar-refractivity contribution < 1.29 is 9.53 Å². The lowest BCUT2D eigenvalue weighted by Gasteiger charge is -2.17. The minimum atomic E-state index is -0.387. The summed E-state index contributed by atoms with van der Waals surface area (Å²) >= 11 is 0. The number of nitrogens with one attached hydrogen (secondary N) is 1. The molecule has 0 spiro atoms. The fourth-order valence-electron chi connectivity index (χ4n) is 3.01. The van der Waals surface area contributed by atoms with Crippen molar-refractivity contribution in [3.8, 4) is 5.75 Å². The van der Waals surface area contributed by atoms with E-state index < -0.39 is 0 Å². The van der Waals surface area contributed by atoms with Crippen LogP contribution in [0.15, 0.2) is 48.5 Å². The van der Waals surface area contributed by atoms with Crippen LogP contribution in [-0.4, -0.2) is 28.6 Å². The molecule has 148 valence electrons. The number of nitrogens with zero attached hydrogens (tertiary/aromatic N) is 2. The Morgan fingerprint density at radius 3 is 2.54 bits per heavy atom. The van der Waals surface area contributed by atoms with Gasteiger partial charge in [0.05, 0.1) is 17.6 Å². The van der Waals surface area contributed by atoms with Crippen LogP contribution in [0.5, 0.6) is 5.75 Å². The van der Waals surface area contributed by atoms with Gasteiger partial charge in [-0.3, -0.25) is 4.79 Å². The third-order valence-corrected chi connectivity index (χ3v) is 4.65. The Morgan fingerprint density at radius 1 is 1.11 bits per heavy atom. The molecule has 0 bridgehead atoms. The maximum Gasteiger partial charge on any atom is 0.225 e. The molecule has 0 saturated carbocycles. The molecule has 0 fully saturated rings. The molecule has 5 heteroatoms. The van der Waals surface area contributed by atoms with Crippen molar-refractivity contribution in [2.24, 2.45) is 5.41 Å². The van der Waals surface area contributed by atoms with Crippen molar-refractivity contribution in [3.05, 3.63) is 59.9 Å². The second kappa shape index (κ2) is 8.46. The number of imidazole rings is 1. The fourth-order valence-corrected chi connectivity index (χ4v) is 3.01. The van der Waals surface area contributed by atoms with Gasteiger partial charge in [0.25, 0.3) is 0 Å². The molecule has 5 nitrogen and oxygen atoms in total. The first-order chi connectivity index (χ1) is 13.3. The number of fused-ring (bicyclic) bond motifs is 1. The Kier molecular flexibility index (Phi) is 6.02. The van der Waals surface area contributed by atoms with Crippen LogP contribution < -0.4 is 10.1 Å². The molecule has 2 aromatic carbocycles. The predicted octanol–water partition coefficient (Wildman–Crippen LogP) is 4.13. The van der Waals surface area contributed by atoms with E-state index in [4.69, 9.17) is 9.72 Å². The van der Waals surface area contributed by atoms with Gasteiger partial charge in [0, 0.05) is 18.4 Å². The summed E-state index contributed by atoms with van der Waals surface area (Å²) in [6.45, 7) is 9.64. The molecule has 1 N–H and O–H groups in total. The first kappa shape index (κ1) is 19.9. The van der Waals surface area contributed by atoms with Gasteiger partial charge >= 0.3 is 0 Å². The zero-order valence-electron chi connectivity index (χ0n) is 17.2. The molecule has 0 aliphatic carbocycles. The maximum absolute atomic E-state index is 12.1. The number of aromatic nitrogens is 2. The second-order valence-corrected chi connectivity index (χ2v) is 8.09. The van der Waals surface area contributed by atoms with Gasteiger partial charge in [-0.15, -0.1) is 0 Å². The lowest BCUT2D eigenvalue weighted by Crippen LogP contribution is -2.36. The molecule has 0 aliphatic rings. The molecule has 1 aromatic heterocycles. The molecular formula is C23H29N3O2. The molecule has 0 atom stereocenters. The van der Waals surface area contributed by atoms with Gasteiger partial charge in [-0.25, -0.2) is 4.98 Å². The Morgan fingerprint density at radius 2 is 1.82 bits per heavy atom. The lowest BCUT2D eigenvalue weighted by molar-refractivity contribution is -0.128. The standard InChI is InChI=1S/C23H29N3O2/c1-17-9-11-18(12-10-17)28-16-15-26-20-8-6-5-7-19(20)25-21(26)13-14-24-22(27)23(2,3)4/h5-12H,13-16H2,1-4H3,(H,24,27). The average molecular weight is 380 g/mol. The Labute approximate surface area is 166 Å². The summed E-state index contributed by atoms with van der Waals surface area (Å²) in [7, 11) is 0. The normalized spacial score (nSPS) is 11.6. The van der Waals surface area contributed by atoms with E-state index >= 15 is 0 Å². The van der Waals surface area contributed by atoms with Crippen molar-refractivity contribution >= 4 is 16.9 Å². The van der Waals surface area contributed by atoms with E-state index in [1.54, 1.807) is 0 Å². The molecule has 1 amide bonds. The van der Waals surface area contributed by atoms with E-state index in [9.17, 15) is 4.79 Å². The number of ether oxygens (including phenoxy) is 1. The van der Waals surface area contributed by atoms with Crippen molar-refractivity contribution in [2.45, 2.75) is 40.7 Å². The van der Waals surface area contributed by atoms with E-state index in [0.717, 1.165) is 22.6 Å². The topological polar surface area (TPSA) is 56.1 Å². The molecule has 0 aliphatic heterocycles. The third kappa shape index (κ3) is 4.91. The van der Waals surface area contributed by atoms with Gasteiger partial charge in [0.2, 0.25) is 5.91 Å². The zero-order valence-corrected chi connectivity index (χ0v) is 17.2. The second-order valence-electron chi connectivity index (χ2n) is 8.09. The minimum absolute atomic E-state index is 0.0536. The van der Waals surface area contributed by atoms with Crippen molar-refractivity contribution in [1.82, 2.24) is 14.9 Å². The summed E-state index contributed by atoms with van der Waals surface area (Å²) in [5.74, 6) is 1.88. The first-order valence-corrected chi connectivity index (χ1v) is 9.76. The fraction of sp³-hybridized carbons (Fsp3) is 0.391. The summed E-state index contributed by atoms with van der Waals surface area (Å²) in [5, 5.41) is 3.01. The average Bonchev–Trinajstić information content (AvgIpc) is 3.00. The molecular weight excluding hydrogens is 350 g/mol. The van der Waals surface area contributed by atoms with Crippen LogP contribution in [0, 0.1) is 12.3 Å². The Bertz CT molecular complexity index is 937. The van der Waals surface area contributed by atoms with Gasteiger partial charge in [-0.1, -0.05) is 50.6 Å². The van der Waals surface area contributed by atoms with E-state index in [0.29, 0.717) is 26.1 Å². The molecule has 3 aromatic rings. The van der Waals surface area contributed by atoms with Crippen LogP contribution in [0.4, 0.5) is 0 Å². The van der Waals surface area contributed by atoms with Gasteiger partial charge in [-0.2, -0.15) is 0 Å². The maximum atomic E-state index is 12.1. The summed E-state index contributed by atoms with van der Waals surface area (Å²) in [5.41, 5.74) is 2.89. The van der Waals surface area contributed by atoms with Crippen molar-refractivity contribution in [2.75, 3.05) is 13.2 Å². The van der Waals surface area contributed by atoms with Crippen LogP contribution in [0.3, 0.4) is 0 Å². The quantitative estimate of drug-likeness (QED) is 0.672. The highest BCUT2D eigenvalue weighted by atomic mass is 16.5. The number of benzene rings is 2.